The standard InChI is InChI=1S/C11H11FN2O/c1-2-10(15)14-11(5-6-11)9-4-3-8(12)7-13-9/h2-4,7H,1,5-6H2,(H,14,15). The predicted molar refractivity (Wildman–Crippen MR) is 53.4 cm³/mol. The summed E-state index contributed by atoms with van der Waals surface area (Å²) in [6, 6.07) is 2.95. The van der Waals surface area contributed by atoms with Crippen LogP contribution in [0.1, 0.15) is 18.5 Å². The number of amides is 1. The number of rotatable bonds is 3. The molecule has 2 rings (SSSR count). The Labute approximate surface area is 87.0 Å². The highest BCUT2D eigenvalue weighted by Crippen LogP contribution is 2.44. The SMILES string of the molecule is C=CC(=O)NC1(c2ccc(F)cn2)CC1. The molecule has 0 saturated heterocycles. The number of pyridine rings is 1. The van der Waals surface area contributed by atoms with Crippen molar-refractivity contribution in [2.75, 3.05) is 0 Å². The van der Waals surface area contributed by atoms with E-state index in [1.807, 2.05) is 0 Å². The molecule has 1 aromatic heterocycles. The molecule has 1 heterocycles. The van der Waals surface area contributed by atoms with E-state index >= 15 is 0 Å². The summed E-state index contributed by atoms with van der Waals surface area (Å²) in [5.41, 5.74) is 0.318. The van der Waals surface area contributed by atoms with Crippen molar-refractivity contribution < 1.29 is 9.18 Å². The van der Waals surface area contributed by atoms with Crippen LogP contribution < -0.4 is 5.32 Å². The molecule has 0 bridgehead atoms. The zero-order valence-electron chi connectivity index (χ0n) is 8.16. The fourth-order valence-electron chi connectivity index (χ4n) is 1.52. The normalized spacial score (nSPS) is 16.9. The van der Waals surface area contributed by atoms with Crippen molar-refractivity contribution in [3.63, 3.8) is 0 Å². The van der Waals surface area contributed by atoms with Crippen LogP contribution >= 0.6 is 0 Å². The van der Waals surface area contributed by atoms with Gasteiger partial charge in [0.2, 0.25) is 5.91 Å². The molecule has 1 N–H and O–H groups in total. The molecule has 4 heteroatoms. The molecule has 78 valence electrons. The van der Waals surface area contributed by atoms with Crippen LogP contribution in [0.3, 0.4) is 0 Å². The van der Waals surface area contributed by atoms with Crippen LogP contribution in [0.25, 0.3) is 0 Å². The van der Waals surface area contributed by atoms with Gasteiger partial charge in [-0.15, -0.1) is 0 Å². The third-order valence-corrected chi connectivity index (χ3v) is 2.52. The summed E-state index contributed by atoms with van der Waals surface area (Å²) >= 11 is 0. The van der Waals surface area contributed by atoms with Gasteiger partial charge in [0.05, 0.1) is 17.4 Å². The third kappa shape index (κ3) is 1.88. The van der Waals surface area contributed by atoms with Crippen LogP contribution in [0, 0.1) is 5.82 Å². The quantitative estimate of drug-likeness (QED) is 0.762. The first-order chi connectivity index (χ1) is 7.16. The Hall–Kier alpha value is -1.71. The third-order valence-electron chi connectivity index (χ3n) is 2.52. The van der Waals surface area contributed by atoms with Gasteiger partial charge >= 0.3 is 0 Å². The van der Waals surface area contributed by atoms with Crippen molar-refractivity contribution >= 4 is 5.91 Å². The van der Waals surface area contributed by atoms with E-state index in [2.05, 4.69) is 16.9 Å². The van der Waals surface area contributed by atoms with Crippen LogP contribution in [0.15, 0.2) is 31.0 Å². The number of halogens is 1. The summed E-state index contributed by atoms with van der Waals surface area (Å²) in [6.07, 6.45) is 4.06. The highest BCUT2D eigenvalue weighted by molar-refractivity contribution is 5.87. The molecule has 1 aromatic rings. The molecule has 0 unspecified atom stereocenters. The largest absolute Gasteiger partial charge is 0.341 e. The van der Waals surface area contributed by atoms with E-state index in [4.69, 9.17) is 0 Å². The summed E-state index contributed by atoms with van der Waals surface area (Å²) in [7, 11) is 0. The molecule has 0 radical (unpaired) electrons. The number of carbonyl (C=O) groups is 1. The van der Waals surface area contributed by atoms with E-state index in [9.17, 15) is 9.18 Å². The van der Waals surface area contributed by atoms with Crippen molar-refractivity contribution in [2.24, 2.45) is 0 Å². The number of nitrogens with zero attached hydrogens (tertiary/aromatic N) is 1. The molecule has 1 fully saturated rings. The maximum atomic E-state index is 12.7. The van der Waals surface area contributed by atoms with E-state index in [1.165, 1.54) is 12.1 Å². The average molecular weight is 206 g/mol. The van der Waals surface area contributed by atoms with Gasteiger partial charge in [0.25, 0.3) is 0 Å². The molecular weight excluding hydrogens is 195 g/mol. The fraction of sp³-hybridized carbons (Fsp3) is 0.273. The van der Waals surface area contributed by atoms with Crippen molar-refractivity contribution in [1.29, 1.82) is 0 Å². The Morgan fingerprint density at radius 2 is 2.33 bits per heavy atom. The van der Waals surface area contributed by atoms with Crippen molar-refractivity contribution in [3.05, 3.63) is 42.5 Å². The van der Waals surface area contributed by atoms with Gasteiger partial charge in [-0.3, -0.25) is 9.78 Å². The predicted octanol–water partition coefficient (Wildman–Crippen LogP) is 1.51. The second kappa shape index (κ2) is 3.46. The van der Waals surface area contributed by atoms with Gasteiger partial charge in [-0.05, 0) is 31.1 Å². The first-order valence-corrected chi connectivity index (χ1v) is 4.73. The van der Waals surface area contributed by atoms with Gasteiger partial charge in [0, 0.05) is 0 Å². The Balaban J connectivity index is 2.19. The highest BCUT2D eigenvalue weighted by atomic mass is 19.1. The minimum Gasteiger partial charge on any atom is -0.341 e. The molecule has 0 aromatic carbocycles. The minimum absolute atomic E-state index is 0.223. The topological polar surface area (TPSA) is 42.0 Å². The van der Waals surface area contributed by atoms with Gasteiger partial charge in [0.15, 0.2) is 0 Å². The van der Waals surface area contributed by atoms with Crippen LogP contribution in [0.4, 0.5) is 4.39 Å². The summed E-state index contributed by atoms with van der Waals surface area (Å²) in [5.74, 6) is -0.594. The van der Waals surface area contributed by atoms with Crippen molar-refractivity contribution in [3.8, 4) is 0 Å². The molecule has 15 heavy (non-hydrogen) atoms. The van der Waals surface area contributed by atoms with Gasteiger partial charge in [-0.25, -0.2) is 4.39 Å². The monoisotopic (exact) mass is 206 g/mol. The maximum Gasteiger partial charge on any atom is 0.244 e. The second-order valence-electron chi connectivity index (χ2n) is 3.64. The van der Waals surface area contributed by atoms with Gasteiger partial charge in [-0.2, -0.15) is 0 Å². The summed E-state index contributed by atoms with van der Waals surface area (Å²) in [4.78, 5) is 15.2. The van der Waals surface area contributed by atoms with Gasteiger partial charge in [-0.1, -0.05) is 6.58 Å². The Bertz CT molecular complexity index is 396. The molecule has 1 aliphatic carbocycles. The molecule has 1 amide bonds. The molecule has 0 aliphatic heterocycles. The average Bonchev–Trinajstić information content (AvgIpc) is 3.00. The maximum absolute atomic E-state index is 12.7. The van der Waals surface area contributed by atoms with E-state index in [-0.39, 0.29) is 17.3 Å². The number of hydrogen-bond acceptors (Lipinski definition) is 2. The Morgan fingerprint density at radius 1 is 1.60 bits per heavy atom. The molecule has 0 spiro atoms. The number of aromatic nitrogens is 1. The smallest absolute Gasteiger partial charge is 0.244 e. The number of nitrogens with one attached hydrogen (secondary N) is 1. The number of carbonyl (C=O) groups excluding carboxylic acids is 1. The lowest BCUT2D eigenvalue weighted by Crippen LogP contribution is -2.34. The van der Waals surface area contributed by atoms with Crippen LogP contribution in [-0.2, 0) is 10.3 Å². The first kappa shape index (κ1) is 9.83. The van der Waals surface area contributed by atoms with E-state index < -0.39 is 0 Å². The highest BCUT2D eigenvalue weighted by Gasteiger charge is 2.46. The summed E-state index contributed by atoms with van der Waals surface area (Å²) < 4.78 is 12.7. The second-order valence-corrected chi connectivity index (χ2v) is 3.64. The van der Waals surface area contributed by atoms with Crippen LogP contribution in [-0.4, -0.2) is 10.9 Å². The minimum atomic E-state index is -0.390. The van der Waals surface area contributed by atoms with E-state index in [0.29, 0.717) is 5.69 Å². The molecule has 1 saturated carbocycles. The lowest BCUT2D eigenvalue weighted by atomic mass is 10.1. The zero-order valence-corrected chi connectivity index (χ0v) is 8.16. The van der Waals surface area contributed by atoms with Crippen molar-refractivity contribution in [1.82, 2.24) is 10.3 Å². The summed E-state index contributed by atoms with van der Waals surface area (Å²) in [5, 5.41) is 2.81. The zero-order chi connectivity index (χ0) is 10.9. The van der Waals surface area contributed by atoms with Gasteiger partial charge in [0.1, 0.15) is 5.82 Å². The lowest BCUT2D eigenvalue weighted by molar-refractivity contribution is -0.117. The van der Waals surface area contributed by atoms with Gasteiger partial charge < -0.3 is 5.32 Å². The molecule has 3 nitrogen and oxygen atoms in total. The molecular formula is C11H11FN2O. The van der Waals surface area contributed by atoms with E-state index in [0.717, 1.165) is 19.0 Å². The number of hydrogen-bond donors (Lipinski definition) is 1. The lowest BCUT2D eigenvalue weighted by Gasteiger charge is -2.15. The Morgan fingerprint density at radius 3 is 2.80 bits per heavy atom. The van der Waals surface area contributed by atoms with E-state index in [1.54, 1.807) is 6.07 Å². The summed E-state index contributed by atoms with van der Waals surface area (Å²) in [6.45, 7) is 3.39. The van der Waals surface area contributed by atoms with Crippen molar-refractivity contribution in [2.45, 2.75) is 18.4 Å². The Kier molecular flexibility index (Phi) is 2.26. The molecule has 1 aliphatic rings. The van der Waals surface area contributed by atoms with Crippen LogP contribution in [0.5, 0.6) is 0 Å². The first-order valence-electron chi connectivity index (χ1n) is 4.73. The van der Waals surface area contributed by atoms with Crippen LogP contribution in [0.2, 0.25) is 0 Å². The fourth-order valence-corrected chi connectivity index (χ4v) is 1.52. The molecule has 0 atom stereocenters.